The molecule has 18 heteroatoms. The highest BCUT2D eigenvalue weighted by Crippen LogP contribution is 2.58. The third-order valence-corrected chi connectivity index (χ3v) is 69.0. The fraction of sp³-hybridized carbons (Fsp3) is 0.864. The summed E-state index contributed by atoms with van der Waals surface area (Å²) in [5.74, 6) is -1.38. The largest absolute Gasteiger partial charge is 0.464 e. The summed E-state index contributed by atoms with van der Waals surface area (Å²) in [6.45, 7) is 1.47. The van der Waals surface area contributed by atoms with E-state index in [4.69, 9.17) is 18.0 Å². The Morgan fingerprint density at radius 3 is 1.32 bits per heavy atom. The van der Waals surface area contributed by atoms with Crippen LogP contribution >= 0.6 is 0 Å². The molecule has 0 bridgehead atoms. The highest BCUT2D eigenvalue weighted by molar-refractivity contribution is 7.88. The van der Waals surface area contributed by atoms with Gasteiger partial charge in [0, 0.05) is 27.4 Å². The van der Waals surface area contributed by atoms with Gasteiger partial charge in [-0.2, -0.15) is 0 Å². The molecule has 0 saturated carbocycles. The Bertz CT molecular complexity index is 872. The molecular weight excluding hydrogens is 628 g/mol. The molecule has 0 fully saturated rings. The fourth-order valence-corrected chi connectivity index (χ4v) is 82.0. The van der Waals surface area contributed by atoms with Crippen molar-refractivity contribution in [3.05, 3.63) is 12.7 Å². The molecule has 5 nitrogen and oxygen atoms in total. The molecule has 40 heavy (non-hydrogen) atoms. The number of rotatable bonds is 16. The third-order valence-electron chi connectivity index (χ3n) is 8.38. The van der Waals surface area contributed by atoms with Crippen molar-refractivity contribution in [3.63, 3.8) is 0 Å². The molecule has 0 spiro atoms. The first-order valence-corrected chi connectivity index (χ1v) is 24.6. The van der Waals surface area contributed by atoms with Gasteiger partial charge in [-0.05, 0) is 53.8 Å². The Morgan fingerprint density at radius 1 is 0.800 bits per heavy atom. The van der Waals surface area contributed by atoms with E-state index in [1.54, 1.807) is 0 Å². The highest BCUT2D eigenvalue weighted by Gasteiger charge is 2.95. The molecule has 6 atom stereocenters. The third kappa shape index (κ3) is 5.20. The second kappa shape index (κ2) is 12.5. The molecular formula is C22H41F9O5Si4. The summed E-state index contributed by atoms with van der Waals surface area (Å²) in [6, 6.07) is 0. The van der Waals surface area contributed by atoms with Crippen LogP contribution in [-0.4, -0.2) is 97.8 Å². The minimum absolute atomic E-state index is 0.380. The van der Waals surface area contributed by atoms with Crippen LogP contribution in [0.4, 0.5) is 39.5 Å². The van der Waals surface area contributed by atoms with Crippen LogP contribution in [0.2, 0.25) is 19.6 Å². The van der Waals surface area contributed by atoms with Crippen LogP contribution in [0.15, 0.2) is 12.7 Å². The van der Waals surface area contributed by atoms with E-state index in [1.807, 2.05) is 0 Å². The van der Waals surface area contributed by atoms with Gasteiger partial charge >= 0.3 is 5.97 Å². The van der Waals surface area contributed by atoms with Crippen molar-refractivity contribution < 1.29 is 62.3 Å². The van der Waals surface area contributed by atoms with Crippen LogP contribution in [0.1, 0.15) is 41.0 Å². The summed E-state index contributed by atoms with van der Waals surface area (Å²) in [7, 11) is -16.0. The van der Waals surface area contributed by atoms with E-state index in [9.17, 15) is 13.6 Å². The average molecular weight is 669 g/mol. The van der Waals surface area contributed by atoms with E-state index in [2.05, 4.69) is 6.58 Å². The van der Waals surface area contributed by atoms with Crippen LogP contribution in [0.5, 0.6) is 0 Å². The lowest BCUT2D eigenvalue weighted by molar-refractivity contribution is -0.140. The normalized spacial score (nSPS) is 22.1. The van der Waals surface area contributed by atoms with E-state index in [0.29, 0.717) is 74.7 Å². The molecule has 0 aliphatic heterocycles. The molecule has 0 N–H and O–H groups in total. The smallest absolute Gasteiger partial charge is 0.330 e. The summed E-state index contributed by atoms with van der Waals surface area (Å²) in [4.78, 5) is 12.5. The van der Waals surface area contributed by atoms with Gasteiger partial charge in [0.1, 0.15) is 0 Å². The fourth-order valence-electron chi connectivity index (χ4n) is 5.94. The number of hydrogen-bond donors (Lipinski definition) is 0. The van der Waals surface area contributed by atoms with Gasteiger partial charge in [0.2, 0.25) is 0 Å². The predicted octanol–water partition coefficient (Wildman–Crippen LogP) is 6.37. The number of alkyl halides is 9. The first-order valence-electron chi connectivity index (χ1n) is 12.3. The zero-order valence-electron chi connectivity index (χ0n) is 24.7. The van der Waals surface area contributed by atoms with Gasteiger partial charge in [-0.3, -0.25) is 0 Å². The Labute approximate surface area is 233 Å². The van der Waals surface area contributed by atoms with Crippen molar-refractivity contribution in [2.45, 2.75) is 101 Å². The van der Waals surface area contributed by atoms with Crippen LogP contribution in [0, 0.1) is 0 Å². The Kier molecular flexibility index (Phi) is 12.3. The van der Waals surface area contributed by atoms with Gasteiger partial charge in [0.25, 0.3) is 40.1 Å². The monoisotopic (exact) mass is 668 g/mol. The standard InChI is InChI=1S/C22H41F9O5Si4/c1-13-17(32)36-18(14-2)40(37(10,33-7)20(26,27)15(3)23,38(11,34-8)21(28,29)16(4)24)39(12,35-9)22(30,31)19(5,6)25/h13,15-16,18H,1,14H2,2-12H3. The molecule has 0 aliphatic rings. The van der Waals surface area contributed by atoms with Gasteiger partial charge in [0.05, 0.1) is 5.73 Å². The van der Waals surface area contributed by atoms with Crippen molar-refractivity contribution in [1.29, 1.82) is 0 Å². The molecule has 0 aromatic heterocycles. The quantitative estimate of drug-likeness (QED) is 0.0829. The van der Waals surface area contributed by atoms with Crippen LogP contribution in [0.3, 0.4) is 0 Å². The van der Waals surface area contributed by atoms with Gasteiger partial charge < -0.3 is 18.0 Å². The maximum absolute atomic E-state index is 16.6. The molecule has 0 amide bonds. The minimum atomic E-state index is -6.12. The van der Waals surface area contributed by atoms with Crippen molar-refractivity contribution in [1.82, 2.24) is 0 Å². The summed E-state index contributed by atoms with van der Waals surface area (Å²) in [5, 5.41) is 0. The Balaban J connectivity index is 9.29. The van der Waals surface area contributed by atoms with Crippen LogP contribution in [-0.2, 0) is 22.8 Å². The van der Waals surface area contributed by atoms with Crippen molar-refractivity contribution in [3.8, 4) is 0 Å². The lowest BCUT2D eigenvalue weighted by Gasteiger charge is -2.64. The first kappa shape index (κ1) is 39.3. The van der Waals surface area contributed by atoms with Crippen LogP contribution in [0.25, 0.3) is 0 Å². The summed E-state index contributed by atoms with van der Waals surface area (Å²) >= 11 is 0. The maximum atomic E-state index is 16.6. The molecule has 0 aliphatic carbocycles. The molecule has 0 aromatic rings. The minimum Gasteiger partial charge on any atom is -0.464 e. The van der Waals surface area contributed by atoms with E-state index in [-0.39, 0.29) is 0 Å². The average Bonchev–Trinajstić information content (AvgIpc) is 2.85. The Hall–Kier alpha value is -0.672. The number of esters is 1. The maximum Gasteiger partial charge on any atom is 0.330 e. The zero-order chi connectivity index (χ0) is 32.6. The summed E-state index contributed by atoms with van der Waals surface area (Å²) in [6.07, 6.45) is -6.48. The van der Waals surface area contributed by atoms with Gasteiger partial charge in [-0.1, -0.05) is 13.5 Å². The van der Waals surface area contributed by atoms with Crippen molar-refractivity contribution >= 4 is 36.1 Å². The number of ether oxygens (including phenoxy) is 1. The number of hydrogen-bond acceptors (Lipinski definition) is 5. The van der Waals surface area contributed by atoms with Gasteiger partial charge in [0.15, 0.2) is 24.6 Å². The first-order chi connectivity index (χ1) is 17.7. The zero-order valence-corrected chi connectivity index (χ0v) is 28.7. The van der Waals surface area contributed by atoms with Crippen molar-refractivity contribution in [2.24, 2.45) is 0 Å². The second-order valence-electron chi connectivity index (χ2n) is 10.6. The number of halogens is 9. The molecule has 0 aromatic carbocycles. The van der Waals surface area contributed by atoms with E-state index in [0.717, 1.165) is 6.92 Å². The second-order valence-corrected chi connectivity index (χ2v) is 42.4. The van der Waals surface area contributed by atoms with Crippen molar-refractivity contribution in [2.75, 3.05) is 21.3 Å². The summed E-state index contributed by atoms with van der Waals surface area (Å²) in [5.41, 5.74) is -20.1. The van der Waals surface area contributed by atoms with Gasteiger partial charge in [-0.25, -0.2) is 44.3 Å². The molecule has 0 rings (SSSR count). The highest BCUT2D eigenvalue weighted by atomic mass is 29.9. The van der Waals surface area contributed by atoms with Gasteiger partial charge in [-0.15, -0.1) is 0 Å². The van der Waals surface area contributed by atoms with E-state index < -0.39 is 82.9 Å². The van der Waals surface area contributed by atoms with Crippen LogP contribution < -0.4 is 0 Å². The lowest BCUT2D eigenvalue weighted by atomic mass is 10.2. The molecule has 0 saturated heterocycles. The van der Waals surface area contributed by atoms with E-state index in [1.165, 1.54) is 0 Å². The SMILES string of the molecule is C=CC(=O)OC(CC)[Si]([Si](C)(OC)C(F)(F)C(C)F)([Si](C)(OC)C(F)(F)C(C)F)[Si](C)(OC)C(F)(F)C(C)(C)F. The summed E-state index contributed by atoms with van der Waals surface area (Å²) < 4.78 is 165. The topological polar surface area (TPSA) is 54.0 Å². The lowest BCUT2D eigenvalue weighted by Crippen LogP contribution is -3.02. The molecule has 238 valence electrons. The predicted molar refractivity (Wildman–Crippen MR) is 143 cm³/mol. The van der Waals surface area contributed by atoms with E-state index >= 15 is 30.7 Å². The number of carbonyl (C=O) groups is 1. The Morgan fingerprint density at radius 2 is 1.12 bits per heavy atom. The molecule has 0 radical (unpaired) electrons. The molecule has 6 unspecified atom stereocenters. The number of carbonyl (C=O) groups excluding carboxylic acids is 1. The molecule has 0 heterocycles.